The van der Waals surface area contributed by atoms with Gasteiger partial charge in [-0.3, -0.25) is 0 Å². The minimum atomic E-state index is -3.74. The molecule has 2 atom stereocenters. The molecule has 2 N–H and O–H groups in total. The van der Waals surface area contributed by atoms with E-state index < -0.39 is 16.1 Å². The van der Waals surface area contributed by atoms with E-state index in [1.165, 1.54) is 6.07 Å². The summed E-state index contributed by atoms with van der Waals surface area (Å²) in [4.78, 5) is 0. The molecule has 140 valence electrons. The Hall–Kier alpha value is -0.860. The molecule has 0 aromatic carbocycles. The summed E-state index contributed by atoms with van der Waals surface area (Å²) in [5, 5.41) is 9.82. The van der Waals surface area contributed by atoms with Crippen LogP contribution in [-0.4, -0.2) is 26.2 Å². The standard InChI is InChI=1S/C17H24ClNO4S2/c1-2-3-4-5-7-13(15-8-6-11-23-15)14(12-20)19-25(21,22)17-10-9-16(18)24-17/h6,8-11,13-14,19-20H,2-5,7,12H2,1H3. The van der Waals surface area contributed by atoms with Crippen LogP contribution in [0, 0.1) is 0 Å². The summed E-state index contributed by atoms with van der Waals surface area (Å²) in [6.45, 7) is 1.83. The zero-order chi connectivity index (χ0) is 18.3. The number of hydrogen-bond acceptors (Lipinski definition) is 5. The molecular formula is C17H24ClNO4S2. The summed E-state index contributed by atoms with van der Waals surface area (Å²) in [5.74, 6) is 0.463. The van der Waals surface area contributed by atoms with Gasteiger partial charge in [-0.2, -0.15) is 0 Å². The zero-order valence-electron chi connectivity index (χ0n) is 14.2. The summed E-state index contributed by atoms with van der Waals surface area (Å²) in [6.07, 6.45) is 6.58. The number of aliphatic hydroxyl groups is 1. The number of thiophene rings is 1. The van der Waals surface area contributed by atoms with E-state index in [0.29, 0.717) is 10.1 Å². The second-order valence-corrected chi connectivity index (χ2v) is 9.60. The molecular weight excluding hydrogens is 382 g/mol. The van der Waals surface area contributed by atoms with Gasteiger partial charge in [0, 0.05) is 5.92 Å². The van der Waals surface area contributed by atoms with Crippen molar-refractivity contribution in [2.45, 2.75) is 55.2 Å². The molecule has 0 aliphatic rings. The fourth-order valence-corrected chi connectivity index (χ4v) is 5.55. The van der Waals surface area contributed by atoms with Gasteiger partial charge in [-0.05, 0) is 30.7 Å². The van der Waals surface area contributed by atoms with Crippen molar-refractivity contribution in [2.24, 2.45) is 0 Å². The quantitative estimate of drug-likeness (QED) is 0.543. The lowest BCUT2D eigenvalue weighted by Crippen LogP contribution is -2.41. The van der Waals surface area contributed by atoms with Gasteiger partial charge in [-0.25, -0.2) is 13.1 Å². The molecule has 8 heteroatoms. The lowest BCUT2D eigenvalue weighted by molar-refractivity contribution is 0.223. The van der Waals surface area contributed by atoms with Gasteiger partial charge in [0.1, 0.15) is 9.97 Å². The molecule has 2 rings (SSSR count). The minimum Gasteiger partial charge on any atom is -0.469 e. The topological polar surface area (TPSA) is 79.5 Å². The Kier molecular flexibility index (Phi) is 7.96. The Morgan fingerprint density at radius 1 is 1.28 bits per heavy atom. The summed E-state index contributed by atoms with van der Waals surface area (Å²) in [5.41, 5.74) is 0. The maximum atomic E-state index is 12.6. The second kappa shape index (κ2) is 9.73. The number of sulfonamides is 1. The number of hydrogen-bond donors (Lipinski definition) is 2. The van der Waals surface area contributed by atoms with Crippen LogP contribution in [0.4, 0.5) is 0 Å². The number of nitrogens with one attached hydrogen (secondary N) is 1. The van der Waals surface area contributed by atoms with E-state index in [2.05, 4.69) is 11.6 Å². The van der Waals surface area contributed by atoms with Crippen LogP contribution in [0.1, 0.15) is 50.7 Å². The molecule has 2 unspecified atom stereocenters. The molecule has 0 radical (unpaired) electrons. The molecule has 25 heavy (non-hydrogen) atoms. The summed E-state index contributed by atoms with van der Waals surface area (Å²) < 4.78 is 33.8. The van der Waals surface area contributed by atoms with Crippen LogP contribution in [0.5, 0.6) is 0 Å². The Bertz CT molecular complexity index is 728. The number of halogens is 1. The van der Waals surface area contributed by atoms with Crippen LogP contribution in [0.3, 0.4) is 0 Å². The Morgan fingerprint density at radius 3 is 2.64 bits per heavy atom. The third-order valence-corrected chi connectivity index (χ3v) is 7.29. The first-order chi connectivity index (χ1) is 12.0. The first kappa shape index (κ1) is 20.5. The molecule has 0 bridgehead atoms. The van der Waals surface area contributed by atoms with Crippen LogP contribution in [-0.2, 0) is 10.0 Å². The number of aliphatic hydroxyl groups excluding tert-OH is 1. The summed E-state index contributed by atoms with van der Waals surface area (Å²) in [7, 11) is -3.74. The number of furan rings is 1. The van der Waals surface area contributed by atoms with Gasteiger partial charge < -0.3 is 9.52 Å². The number of unbranched alkanes of at least 4 members (excludes halogenated alkanes) is 3. The monoisotopic (exact) mass is 405 g/mol. The van der Waals surface area contributed by atoms with E-state index in [0.717, 1.165) is 43.4 Å². The van der Waals surface area contributed by atoms with Crippen molar-refractivity contribution >= 4 is 33.0 Å². The summed E-state index contributed by atoms with van der Waals surface area (Å²) >= 11 is 6.83. The van der Waals surface area contributed by atoms with Gasteiger partial charge in [0.25, 0.3) is 0 Å². The molecule has 0 spiro atoms. The Morgan fingerprint density at radius 2 is 2.08 bits per heavy atom. The molecule has 0 saturated carbocycles. The van der Waals surface area contributed by atoms with E-state index in [1.54, 1.807) is 18.4 Å². The highest BCUT2D eigenvalue weighted by Gasteiger charge is 2.30. The fourth-order valence-electron chi connectivity index (χ4n) is 2.78. The van der Waals surface area contributed by atoms with Gasteiger partial charge in [0.05, 0.1) is 23.2 Å². The third kappa shape index (κ3) is 5.82. The Balaban J connectivity index is 2.15. The maximum absolute atomic E-state index is 12.6. The first-order valence-corrected chi connectivity index (χ1v) is 11.1. The molecule has 0 amide bonds. The van der Waals surface area contributed by atoms with Gasteiger partial charge in [0.15, 0.2) is 0 Å². The SMILES string of the molecule is CCCCCCC(c1ccco1)C(CO)NS(=O)(=O)c1ccc(Cl)s1. The van der Waals surface area contributed by atoms with Crippen molar-refractivity contribution in [3.8, 4) is 0 Å². The van der Waals surface area contributed by atoms with E-state index in [9.17, 15) is 13.5 Å². The molecule has 0 fully saturated rings. The predicted molar refractivity (Wildman–Crippen MR) is 101 cm³/mol. The van der Waals surface area contributed by atoms with E-state index in [-0.39, 0.29) is 16.7 Å². The van der Waals surface area contributed by atoms with E-state index >= 15 is 0 Å². The van der Waals surface area contributed by atoms with Crippen LogP contribution >= 0.6 is 22.9 Å². The van der Waals surface area contributed by atoms with E-state index in [1.807, 2.05) is 6.07 Å². The van der Waals surface area contributed by atoms with Gasteiger partial charge in [0.2, 0.25) is 10.0 Å². The zero-order valence-corrected chi connectivity index (χ0v) is 16.5. The molecule has 5 nitrogen and oxygen atoms in total. The molecule has 2 aromatic rings. The normalized spacial score (nSPS) is 14.5. The highest BCUT2D eigenvalue weighted by atomic mass is 35.5. The number of rotatable bonds is 11. The van der Waals surface area contributed by atoms with Gasteiger partial charge in [-0.15, -0.1) is 11.3 Å². The van der Waals surface area contributed by atoms with Crippen LogP contribution < -0.4 is 4.72 Å². The van der Waals surface area contributed by atoms with Gasteiger partial charge >= 0.3 is 0 Å². The second-order valence-electron chi connectivity index (χ2n) is 5.94. The van der Waals surface area contributed by atoms with Gasteiger partial charge in [-0.1, -0.05) is 44.2 Å². The average molecular weight is 406 g/mol. The van der Waals surface area contributed by atoms with Crippen molar-refractivity contribution in [1.82, 2.24) is 4.72 Å². The predicted octanol–water partition coefficient (Wildman–Crippen LogP) is 4.39. The largest absolute Gasteiger partial charge is 0.469 e. The highest BCUT2D eigenvalue weighted by molar-refractivity contribution is 7.91. The molecule has 2 heterocycles. The Labute approximate surface area is 158 Å². The van der Waals surface area contributed by atoms with Crippen LogP contribution in [0.2, 0.25) is 4.34 Å². The average Bonchev–Trinajstić information content (AvgIpc) is 3.25. The third-order valence-electron chi connectivity index (χ3n) is 4.08. The van der Waals surface area contributed by atoms with Crippen molar-refractivity contribution in [3.05, 3.63) is 40.6 Å². The van der Waals surface area contributed by atoms with Crippen molar-refractivity contribution in [1.29, 1.82) is 0 Å². The van der Waals surface area contributed by atoms with Crippen molar-refractivity contribution < 1.29 is 17.9 Å². The first-order valence-electron chi connectivity index (χ1n) is 8.40. The highest BCUT2D eigenvalue weighted by Crippen LogP contribution is 2.30. The van der Waals surface area contributed by atoms with Crippen molar-refractivity contribution in [3.63, 3.8) is 0 Å². The molecule has 0 aliphatic carbocycles. The van der Waals surface area contributed by atoms with Crippen LogP contribution in [0.15, 0.2) is 39.2 Å². The molecule has 2 aromatic heterocycles. The fraction of sp³-hybridized carbons (Fsp3) is 0.529. The molecule has 0 aliphatic heterocycles. The minimum absolute atomic E-state index is 0.139. The lowest BCUT2D eigenvalue weighted by atomic mass is 9.92. The summed E-state index contributed by atoms with van der Waals surface area (Å²) in [6, 6.07) is 5.95. The molecule has 0 saturated heterocycles. The van der Waals surface area contributed by atoms with Crippen LogP contribution in [0.25, 0.3) is 0 Å². The van der Waals surface area contributed by atoms with E-state index in [4.69, 9.17) is 16.0 Å². The van der Waals surface area contributed by atoms with Crippen molar-refractivity contribution in [2.75, 3.05) is 6.61 Å². The smallest absolute Gasteiger partial charge is 0.250 e. The maximum Gasteiger partial charge on any atom is 0.250 e. The lowest BCUT2D eigenvalue weighted by Gasteiger charge is -2.24.